The number of aryl methyl sites for hydroxylation is 1. The number of carbonyl (C=O) groups excluding carboxylic acids is 1. The zero-order valence-electron chi connectivity index (χ0n) is 17.3. The summed E-state index contributed by atoms with van der Waals surface area (Å²) in [6, 6.07) is 22.6. The van der Waals surface area contributed by atoms with Crippen LogP contribution in [-0.2, 0) is 13.0 Å². The molecule has 0 aliphatic rings. The number of hydrogen-bond acceptors (Lipinski definition) is 1. The number of carbonyl (C=O) groups is 1. The van der Waals surface area contributed by atoms with Crippen LogP contribution in [-0.4, -0.2) is 17.0 Å². The molecule has 1 N–H and O–H groups in total. The molecule has 0 fully saturated rings. The molecule has 1 aromatic heterocycles. The molecule has 1 heterocycles. The minimum Gasteiger partial charge on any atom is -0.352 e. The maximum absolute atomic E-state index is 13.6. The molecule has 0 aliphatic carbocycles. The van der Waals surface area contributed by atoms with Crippen molar-refractivity contribution in [2.24, 2.45) is 0 Å². The number of fused-ring (bicyclic) bond motifs is 1. The van der Waals surface area contributed by atoms with Crippen molar-refractivity contribution in [3.05, 3.63) is 107 Å². The summed E-state index contributed by atoms with van der Waals surface area (Å²) in [6.45, 7) is 5.32. The Balaban J connectivity index is 1.54. The van der Waals surface area contributed by atoms with Gasteiger partial charge in [-0.05, 0) is 67.3 Å². The van der Waals surface area contributed by atoms with Gasteiger partial charge in [0.2, 0.25) is 0 Å². The van der Waals surface area contributed by atoms with Gasteiger partial charge in [-0.15, -0.1) is 0 Å². The average molecular weight is 400 g/mol. The van der Waals surface area contributed by atoms with Gasteiger partial charge in [0, 0.05) is 35.2 Å². The van der Waals surface area contributed by atoms with Crippen molar-refractivity contribution >= 4 is 16.8 Å². The monoisotopic (exact) mass is 400 g/mol. The molecule has 1 amide bonds. The van der Waals surface area contributed by atoms with E-state index < -0.39 is 0 Å². The van der Waals surface area contributed by atoms with Crippen molar-refractivity contribution in [3.63, 3.8) is 0 Å². The van der Waals surface area contributed by atoms with Crippen molar-refractivity contribution in [1.29, 1.82) is 0 Å². The Hall–Kier alpha value is -3.40. The molecule has 0 aliphatic heterocycles. The van der Waals surface area contributed by atoms with Gasteiger partial charge >= 0.3 is 0 Å². The Morgan fingerprint density at radius 2 is 1.70 bits per heavy atom. The number of amides is 1. The summed E-state index contributed by atoms with van der Waals surface area (Å²) in [7, 11) is 0. The molecule has 0 spiro atoms. The maximum atomic E-state index is 13.6. The van der Waals surface area contributed by atoms with Gasteiger partial charge in [0.25, 0.3) is 5.91 Å². The summed E-state index contributed by atoms with van der Waals surface area (Å²) in [5.41, 5.74) is 6.08. The predicted octanol–water partition coefficient (Wildman–Crippen LogP) is 5.42. The van der Waals surface area contributed by atoms with Crippen LogP contribution in [0.5, 0.6) is 0 Å². The third-order valence-corrected chi connectivity index (χ3v) is 5.67. The molecule has 4 aromatic rings. The largest absolute Gasteiger partial charge is 0.352 e. The van der Waals surface area contributed by atoms with E-state index in [1.807, 2.05) is 42.5 Å². The van der Waals surface area contributed by atoms with Gasteiger partial charge in [0.1, 0.15) is 5.82 Å². The standard InChI is InChI=1S/C26H25FN2O/c1-18-19(2)29(17-21-9-6-10-23(27)15-21)25-12-11-22(16-24(18)25)26(30)28-14-13-20-7-4-3-5-8-20/h3-12,15-16H,13-14,17H2,1-2H3,(H,28,30). The van der Waals surface area contributed by atoms with Crippen LogP contribution in [0, 0.1) is 19.7 Å². The molecule has 0 bridgehead atoms. The van der Waals surface area contributed by atoms with Crippen molar-refractivity contribution in [1.82, 2.24) is 9.88 Å². The van der Waals surface area contributed by atoms with Crippen molar-refractivity contribution in [2.75, 3.05) is 6.54 Å². The smallest absolute Gasteiger partial charge is 0.251 e. The van der Waals surface area contributed by atoms with Crippen molar-refractivity contribution < 1.29 is 9.18 Å². The lowest BCUT2D eigenvalue weighted by molar-refractivity contribution is 0.0954. The first-order chi connectivity index (χ1) is 14.5. The molecule has 3 nitrogen and oxygen atoms in total. The first-order valence-electron chi connectivity index (χ1n) is 10.2. The van der Waals surface area contributed by atoms with E-state index in [0.29, 0.717) is 18.7 Å². The van der Waals surface area contributed by atoms with E-state index in [1.165, 1.54) is 11.6 Å². The fourth-order valence-electron chi connectivity index (χ4n) is 3.88. The average Bonchev–Trinajstić information content (AvgIpc) is 2.99. The van der Waals surface area contributed by atoms with E-state index in [4.69, 9.17) is 0 Å². The van der Waals surface area contributed by atoms with Gasteiger partial charge in [-0.3, -0.25) is 4.79 Å². The molecular weight excluding hydrogens is 375 g/mol. The Morgan fingerprint density at radius 1 is 0.933 bits per heavy atom. The highest BCUT2D eigenvalue weighted by molar-refractivity contribution is 5.99. The number of aromatic nitrogens is 1. The van der Waals surface area contributed by atoms with E-state index in [9.17, 15) is 9.18 Å². The molecule has 0 radical (unpaired) electrons. The predicted molar refractivity (Wildman–Crippen MR) is 119 cm³/mol. The number of nitrogens with zero attached hydrogens (tertiary/aromatic N) is 1. The molecule has 0 atom stereocenters. The fraction of sp³-hybridized carbons (Fsp3) is 0.192. The van der Waals surface area contributed by atoms with Crippen LogP contribution in [0.3, 0.4) is 0 Å². The molecule has 3 aromatic carbocycles. The number of halogens is 1. The molecule has 4 heteroatoms. The van der Waals surface area contributed by atoms with Gasteiger partial charge in [0.05, 0.1) is 0 Å². The summed E-state index contributed by atoms with van der Waals surface area (Å²) >= 11 is 0. The van der Waals surface area contributed by atoms with Gasteiger partial charge in [-0.1, -0.05) is 42.5 Å². The molecule has 152 valence electrons. The molecule has 0 unspecified atom stereocenters. The number of benzene rings is 3. The van der Waals surface area contributed by atoms with E-state index in [1.54, 1.807) is 12.1 Å². The molecule has 0 saturated heterocycles. The number of rotatable bonds is 6. The molecule has 0 saturated carbocycles. The lowest BCUT2D eigenvalue weighted by Crippen LogP contribution is -2.25. The summed E-state index contributed by atoms with van der Waals surface area (Å²) in [5, 5.41) is 4.07. The molecule has 4 rings (SSSR count). The van der Waals surface area contributed by atoms with Crippen LogP contribution in [0.1, 0.15) is 32.7 Å². The quantitative estimate of drug-likeness (QED) is 0.461. The Bertz CT molecular complexity index is 1190. The first-order valence-corrected chi connectivity index (χ1v) is 10.2. The van der Waals surface area contributed by atoms with Crippen LogP contribution in [0.25, 0.3) is 10.9 Å². The van der Waals surface area contributed by atoms with E-state index in [0.717, 1.165) is 34.1 Å². The normalized spacial score (nSPS) is 11.0. The lowest BCUT2D eigenvalue weighted by atomic mass is 10.1. The van der Waals surface area contributed by atoms with Gasteiger partial charge in [0.15, 0.2) is 0 Å². The summed E-state index contributed by atoms with van der Waals surface area (Å²) < 4.78 is 15.8. The second-order valence-electron chi connectivity index (χ2n) is 7.65. The zero-order chi connectivity index (χ0) is 21.1. The van der Waals surface area contributed by atoms with Crippen LogP contribution in [0.2, 0.25) is 0 Å². The third-order valence-electron chi connectivity index (χ3n) is 5.67. The van der Waals surface area contributed by atoms with Crippen LogP contribution >= 0.6 is 0 Å². The van der Waals surface area contributed by atoms with Gasteiger partial charge < -0.3 is 9.88 Å². The fourth-order valence-corrected chi connectivity index (χ4v) is 3.88. The minimum absolute atomic E-state index is 0.0669. The Labute approximate surface area is 176 Å². The van der Waals surface area contributed by atoms with Gasteiger partial charge in [-0.25, -0.2) is 4.39 Å². The van der Waals surface area contributed by atoms with E-state index in [2.05, 4.69) is 35.9 Å². The third kappa shape index (κ3) is 4.13. The molecule has 30 heavy (non-hydrogen) atoms. The highest BCUT2D eigenvalue weighted by atomic mass is 19.1. The Morgan fingerprint density at radius 3 is 2.47 bits per heavy atom. The summed E-state index contributed by atoms with van der Waals surface area (Å²) in [4.78, 5) is 12.7. The van der Waals surface area contributed by atoms with E-state index >= 15 is 0 Å². The number of hydrogen-bond donors (Lipinski definition) is 1. The Kier molecular flexibility index (Phi) is 5.66. The highest BCUT2D eigenvalue weighted by Crippen LogP contribution is 2.27. The zero-order valence-corrected chi connectivity index (χ0v) is 17.3. The van der Waals surface area contributed by atoms with Crippen LogP contribution in [0.15, 0.2) is 72.8 Å². The van der Waals surface area contributed by atoms with Crippen molar-refractivity contribution in [2.45, 2.75) is 26.8 Å². The second-order valence-corrected chi connectivity index (χ2v) is 7.65. The SMILES string of the molecule is Cc1c(C)n(Cc2cccc(F)c2)c2ccc(C(=O)NCCc3ccccc3)cc12. The topological polar surface area (TPSA) is 34.0 Å². The molecular formula is C26H25FN2O. The minimum atomic E-state index is -0.229. The van der Waals surface area contributed by atoms with E-state index in [-0.39, 0.29) is 11.7 Å². The summed E-state index contributed by atoms with van der Waals surface area (Å²) in [6.07, 6.45) is 0.803. The highest BCUT2D eigenvalue weighted by Gasteiger charge is 2.14. The number of nitrogens with one attached hydrogen (secondary N) is 1. The first kappa shape index (κ1) is 19.9. The van der Waals surface area contributed by atoms with Crippen LogP contribution in [0.4, 0.5) is 4.39 Å². The van der Waals surface area contributed by atoms with Crippen molar-refractivity contribution in [3.8, 4) is 0 Å². The lowest BCUT2D eigenvalue weighted by Gasteiger charge is -2.10. The summed E-state index contributed by atoms with van der Waals surface area (Å²) in [5.74, 6) is -0.296. The van der Waals surface area contributed by atoms with Gasteiger partial charge in [-0.2, -0.15) is 0 Å². The second kappa shape index (κ2) is 8.54. The van der Waals surface area contributed by atoms with Crippen LogP contribution < -0.4 is 5.32 Å². The maximum Gasteiger partial charge on any atom is 0.251 e.